The summed E-state index contributed by atoms with van der Waals surface area (Å²) in [4.78, 5) is 27.5. The van der Waals surface area contributed by atoms with E-state index >= 15 is 0 Å². The number of ether oxygens (including phenoxy) is 1. The van der Waals surface area contributed by atoms with Crippen LogP contribution in [0.2, 0.25) is 0 Å². The zero-order valence-corrected chi connectivity index (χ0v) is 19.3. The molecular weight excluding hydrogens is 431 g/mol. The van der Waals surface area contributed by atoms with Gasteiger partial charge in [0.2, 0.25) is 0 Å². The highest BCUT2D eigenvalue weighted by molar-refractivity contribution is 5.92. The second-order valence-electron chi connectivity index (χ2n) is 12.9. The molecule has 4 nitrogen and oxygen atoms in total. The molecule has 0 amide bonds. The number of alkyl halides is 3. The molecule has 0 spiro atoms. The summed E-state index contributed by atoms with van der Waals surface area (Å²) in [7, 11) is 0. The van der Waals surface area contributed by atoms with Crippen molar-refractivity contribution in [2.24, 2.45) is 46.3 Å². The van der Waals surface area contributed by atoms with Gasteiger partial charge in [0.05, 0.1) is 12.0 Å². The lowest BCUT2D eigenvalue weighted by atomic mass is 9.48. The number of hydrogen-bond acceptors (Lipinski definition) is 4. The van der Waals surface area contributed by atoms with E-state index in [0.29, 0.717) is 35.5 Å². The van der Waals surface area contributed by atoms with Crippen LogP contribution in [0.5, 0.6) is 0 Å². The van der Waals surface area contributed by atoms with Crippen LogP contribution < -0.4 is 5.32 Å². The second-order valence-corrected chi connectivity index (χ2v) is 12.9. The maximum Gasteiger partial charge on any atom is 0.401 e. The van der Waals surface area contributed by atoms with Gasteiger partial charge in [-0.3, -0.25) is 9.59 Å². The molecule has 1 unspecified atom stereocenters. The van der Waals surface area contributed by atoms with Crippen LogP contribution >= 0.6 is 0 Å². The first-order chi connectivity index (χ1) is 15.6. The minimum absolute atomic E-state index is 0.102. The quantitative estimate of drug-likeness (QED) is 0.533. The third-order valence-electron chi connectivity index (χ3n) is 10.2. The lowest BCUT2D eigenvalue weighted by Gasteiger charge is -2.57. The highest BCUT2D eigenvalue weighted by Gasteiger charge is 2.59. The van der Waals surface area contributed by atoms with Gasteiger partial charge in [0, 0.05) is 12.0 Å². The molecule has 184 valence electrons. The summed E-state index contributed by atoms with van der Waals surface area (Å²) in [5, 5.41) is 2.39. The van der Waals surface area contributed by atoms with Crippen molar-refractivity contribution in [1.82, 2.24) is 5.32 Å². The highest BCUT2D eigenvalue weighted by Crippen LogP contribution is 2.62. The molecule has 0 radical (unpaired) electrons. The molecule has 0 heterocycles. The fraction of sp³-hybridized carbons (Fsp3) is 0.923. The molecule has 0 saturated heterocycles. The molecule has 1 N–H and O–H groups in total. The van der Waals surface area contributed by atoms with Gasteiger partial charge in [-0.1, -0.05) is 0 Å². The van der Waals surface area contributed by atoms with Crippen LogP contribution in [0.1, 0.15) is 77.0 Å². The normalized spacial score (nSPS) is 45.9. The number of carbonyl (C=O) groups excluding carboxylic acids is 2. The molecule has 8 bridgehead atoms. The van der Waals surface area contributed by atoms with Gasteiger partial charge in [0.25, 0.3) is 0 Å². The Morgan fingerprint density at radius 3 is 1.55 bits per heavy atom. The van der Waals surface area contributed by atoms with Gasteiger partial charge in [0.15, 0.2) is 11.9 Å². The van der Waals surface area contributed by atoms with Crippen molar-refractivity contribution in [3.05, 3.63) is 0 Å². The van der Waals surface area contributed by atoms with Crippen LogP contribution in [0.25, 0.3) is 0 Å². The number of hydrogen-bond donors (Lipinski definition) is 1. The average Bonchev–Trinajstić information content (AvgIpc) is 2.69. The van der Waals surface area contributed by atoms with E-state index < -0.39 is 29.7 Å². The Morgan fingerprint density at radius 1 is 0.758 bits per heavy atom. The van der Waals surface area contributed by atoms with Crippen molar-refractivity contribution in [2.45, 2.75) is 89.3 Å². The summed E-state index contributed by atoms with van der Waals surface area (Å²) in [6, 6.07) is 0. The molecule has 33 heavy (non-hydrogen) atoms. The Hall–Kier alpha value is -1.11. The van der Waals surface area contributed by atoms with E-state index in [1.807, 2.05) is 0 Å². The summed E-state index contributed by atoms with van der Waals surface area (Å²) in [5.74, 6) is 2.90. The SMILES string of the molecule is O=C(OC(CNCC(F)(F)F)C(=O)C12CC3CC(CC(C3)C1)C2)C12CC3CC(CC(C3)C1)C2. The summed E-state index contributed by atoms with van der Waals surface area (Å²) in [6.45, 7) is -1.41. The van der Waals surface area contributed by atoms with Crippen LogP contribution in [0.3, 0.4) is 0 Å². The van der Waals surface area contributed by atoms with Crippen LogP contribution in [0, 0.1) is 46.3 Å². The number of halogens is 3. The number of rotatable bonds is 7. The van der Waals surface area contributed by atoms with Crippen LogP contribution in [0.15, 0.2) is 0 Å². The summed E-state index contributed by atoms with van der Waals surface area (Å²) < 4.78 is 44.5. The smallest absolute Gasteiger partial charge is 0.401 e. The second kappa shape index (κ2) is 7.69. The predicted molar refractivity (Wildman–Crippen MR) is 115 cm³/mol. The topological polar surface area (TPSA) is 55.4 Å². The third-order valence-corrected chi connectivity index (χ3v) is 10.2. The summed E-state index contributed by atoms with van der Waals surface area (Å²) in [5.41, 5.74) is -1.01. The fourth-order valence-corrected chi connectivity index (χ4v) is 9.90. The first kappa shape index (κ1) is 22.4. The van der Waals surface area contributed by atoms with Crippen LogP contribution in [0.4, 0.5) is 13.2 Å². The van der Waals surface area contributed by atoms with Gasteiger partial charge < -0.3 is 10.1 Å². The number of carbonyl (C=O) groups is 2. The number of nitrogens with one attached hydrogen (secondary N) is 1. The van der Waals surface area contributed by atoms with Crippen molar-refractivity contribution in [3.63, 3.8) is 0 Å². The number of esters is 1. The Morgan fingerprint density at radius 2 is 1.15 bits per heavy atom. The van der Waals surface area contributed by atoms with Gasteiger partial charge >= 0.3 is 12.1 Å². The maximum absolute atomic E-state index is 13.9. The molecule has 8 saturated carbocycles. The van der Waals surface area contributed by atoms with Crippen LogP contribution in [-0.2, 0) is 14.3 Å². The Kier molecular flexibility index (Phi) is 5.21. The minimum Gasteiger partial charge on any atom is -0.453 e. The molecule has 1 atom stereocenters. The zero-order chi connectivity index (χ0) is 23.0. The van der Waals surface area contributed by atoms with Crippen molar-refractivity contribution in [3.8, 4) is 0 Å². The van der Waals surface area contributed by atoms with E-state index in [-0.39, 0.29) is 18.3 Å². The van der Waals surface area contributed by atoms with E-state index in [1.54, 1.807) is 0 Å². The van der Waals surface area contributed by atoms with Gasteiger partial charge in [-0.25, -0.2) is 0 Å². The lowest BCUT2D eigenvalue weighted by molar-refractivity contribution is -0.184. The van der Waals surface area contributed by atoms with E-state index in [0.717, 1.165) is 38.5 Å². The van der Waals surface area contributed by atoms with Gasteiger partial charge in [-0.2, -0.15) is 13.2 Å². The lowest BCUT2D eigenvalue weighted by Crippen LogP contribution is -2.57. The van der Waals surface area contributed by atoms with E-state index in [1.165, 1.54) is 38.5 Å². The summed E-state index contributed by atoms with van der Waals surface area (Å²) in [6.07, 6.45) is 6.57. The molecule has 8 aliphatic rings. The molecule has 0 aromatic carbocycles. The molecule has 0 aromatic rings. The Balaban J connectivity index is 1.21. The van der Waals surface area contributed by atoms with Gasteiger partial charge in [-0.15, -0.1) is 0 Å². The highest BCUT2D eigenvalue weighted by atomic mass is 19.4. The molecule has 8 aliphatic carbocycles. The zero-order valence-electron chi connectivity index (χ0n) is 19.3. The van der Waals surface area contributed by atoms with Crippen molar-refractivity contribution in [1.29, 1.82) is 0 Å². The molecule has 0 aliphatic heterocycles. The third kappa shape index (κ3) is 4.04. The molecule has 8 rings (SSSR count). The van der Waals surface area contributed by atoms with Gasteiger partial charge in [-0.05, 0) is 113 Å². The summed E-state index contributed by atoms with van der Waals surface area (Å²) >= 11 is 0. The first-order valence-corrected chi connectivity index (χ1v) is 13.1. The standard InChI is InChI=1S/C26H36F3NO3/c27-26(28,29)14-30-13-21(22(31)24-7-15-1-16(8-24)3-17(2-15)9-24)33-23(32)25-10-18-4-19(11-25)6-20(5-18)12-25/h15-21,30H,1-14H2. The van der Waals surface area contributed by atoms with Gasteiger partial charge in [0.1, 0.15) is 0 Å². The maximum atomic E-state index is 13.9. The first-order valence-electron chi connectivity index (χ1n) is 13.1. The molecule has 7 heteroatoms. The molecule has 0 aromatic heterocycles. The molecule has 8 fully saturated rings. The fourth-order valence-electron chi connectivity index (χ4n) is 9.90. The van der Waals surface area contributed by atoms with E-state index in [2.05, 4.69) is 5.32 Å². The predicted octanol–water partition coefficient (Wildman–Crippen LogP) is 5.05. The number of ketones is 1. The minimum atomic E-state index is -4.36. The average molecular weight is 468 g/mol. The Bertz CT molecular complexity index is 752. The largest absolute Gasteiger partial charge is 0.453 e. The molecular formula is C26H36F3NO3. The number of Topliss-reactive ketones (excluding diaryl/α,β-unsaturated/α-hetero) is 1. The monoisotopic (exact) mass is 467 g/mol. The van der Waals surface area contributed by atoms with E-state index in [9.17, 15) is 22.8 Å². The van der Waals surface area contributed by atoms with Crippen molar-refractivity contribution in [2.75, 3.05) is 13.1 Å². The van der Waals surface area contributed by atoms with Crippen LogP contribution in [-0.4, -0.2) is 37.1 Å². The van der Waals surface area contributed by atoms with E-state index in [4.69, 9.17) is 4.74 Å². The van der Waals surface area contributed by atoms with Crippen molar-refractivity contribution < 1.29 is 27.5 Å². The van der Waals surface area contributed by atoms with Crippen molar-refractivity contribution >= 4 is 11.8 Å². The Labute approximate surface area is 193 Å².